The van der Waals surface area contributed by atoms with Crippen molar-refractivity contribution in [2.45, 2.75) is 39.7 Å². The van der Waals surface area contributed by atoms with E-state index in [0.29, 0.717) is 6.04 Å². The summed E-state index contributed by atoms with van der Waals surface area (Å²) < 4.78 is 0. The maximum atomic E-state index is 10.5. The smallest absolute Gasteiger partial charge is 0.217 e. The third kappa shape index (κ3) is 4.01. The van der Waals surface area contributed by atoms with Gasteiger partial charge >= 0.3 is 0 Å². The molecule has 0 heterocycles. The van der Waals surface area contributed by atoms with Crippen LogP contribution < -0.4 is 5.32 Å². The van der Waals surface area contributed by atoms with Crippen LogP contribution >= 0.6 is 0 Å². The molecule has 0 aliphatic heterocycles. The number of nitrogens with one attached hydrogen (secondary N) is 1. The zero-order valence-electron chi connectivity index (χ0n) is 6.40. The molecular formula is C7H17NO. The van der Waals surface area contributed by atoms with E-state index in [4.69, 9.17) is 0 Å². The summed E-state index contributed by atoms with van der Waals surface area (Å²) in [6.07, 6.45) is 2.05. The topological polar surface area (TPSA) is 29.1 Å². The Morgan fingerprint density at radius 2 is 2.00 bits per heavy atom. The zero-order chi connectivity index (χ0) is 7.28. The first-order valence-corrected chi connectivity index (χ1v) is 3.47. The summed E-state index contributed by atoms with van der Waals surface area (Å²) in [6.45, 7) is 5.70. The van der Waals surface area contributed by atoms with Crippen LogP contribution in [0.15, 0.2) is 0 Å². The molecule has 2 heteroatoms. The lowest BCUT2D eigenvalue weighted by atomic mass is 10.2. The summed E-state index contributed by atoms with van der Waals surface area (Å²) in [5.74, 6) is 0.0729. The molecule has 0 bridgehead atoms. The van der Waals surface area contributed by atoms with E-state index in [1.165, 1.54) is 0 Å². The van der Waals surface area contributed by atoms with E-state index in [9.17, 15) is 4.79 Å². The molecule has 56 valence electrons. The van der Waals surface area contributed by atoms with Gasteiger partial charge in [-0.25, -0.2) is 0 Å². The van der Waals surface area contributed by atoms with Gasteiger partial charge in [-0.15, -0.1) is 0 Å². The van der Waals surface area contributed by atoms with Gasteiger partial charge in [-0.3, -0.25) is 4.79 Å². The fourth-order valence-corrected chi connectivity index (χ4v) is 0.780. The number of hydrogen-bond acceptors (Lipinski definition) is 1. The molecule has 9 heavy (non-hydrogen) atoms. The van der Waals surface area contributed by atoms with Crippen molar-refractivity contribution in [3.63, 3.8) is 0 Å². The first-order chi connectivity index (χ1) is 4.20. The van der Waals surface area contributed by atoms with Gasteiger partial charge in [-0.1, -0.05) is 13.8 Å². The second-order valence-corrected chi connectivity index (χ2v) is 2.21. The molecule has 0 rings (SSSR count). The molecular weight excluding hydrogens is 114 g/mol. The van der Waals surface area contributed by atoms with Crippen molar-refractivity contribution < 1.29 is 6.22 Å². The van der Waals surface area contributed by atoms with Gasteiger partial charge in [0.25, 0.3) is 0 Å². The van der Waals surface area contributed by atoms with Crippen molar-refractivity contribution in [1.29, 1.82) is 0 Å². The largest absolute Gasteiger partial charge is 0.354 e. The predicted octanol–water partition coefficient (Wildman–Crippen LogP) is 1.56. The highest BCUT2D eigenvalue weighted by molar-refractivity contribution is 5.73. The van der Waals surface area contributed by atoms with Gasteiger partial charge in [0, 0.05) is 14.4 Å². The molecule has 0 unspecified atom stereocenters. The van der Waals surface area contributed by atoms with Crippen molar-refractivity contribution in [3.05, 3.63) is 0 Å². The van der Waals surface area contributed by atoms with E-state index in [0.717, 1.165) is 12.8 Å². The van der Waals surface area contributed by atoms with Gasteiger partial charge < -0.3 is 5.32 Å². The average Bonchev–Trinajstić information content (AvgIpc) is 1.82. The average molecular weight is 131 g/mol. The first-order valence-electron chi connectivity index (χ1n) is 3.47. The number of hydrogen-bond donors (Lipinski definition) is 1. The molecule has 0 fully saturated rings. The minimum atomic E-state index is 0. The van der Waals surface area contributed by atoms with Crippen molar-refractivity contribution in [2.24, 2.45) is 0 Å². The van der Waals surface area contributed by atoms with Gasteiger partial charge in [0.1, 0.15) is 0 Å². The van der Waals surface area contributed by atoms with Crippen molar-refractivity contribution in [2.75, 3.05) is 0 Å². The highest BCUT2D eigenvalue weighted by Crippen LogP contribution is 1.94. The van der Waals surface area contributed by atoms with Gasteiger partial charge in [0.2, 0.25) is 5.91 Å². The Morgan fingerprint density at radius 3 is 2.11 bits per heavy atom. The van der Waals surface area contributed by atoms with E-state index >= 15 is 0 Å². The lowest BCUT2D eigenvalue weighted by Crippen LogP contribution is -2.31. The number of carbonyl (C=O) groups excluding carboxylic acids is 1. The van der Waals surface area contributed by atoms with Crippen LogP contribution in [0, 0.1) is 0 Å². The number of rotatable bonds is 3. The lowest BCUT2D eigenvalue weighted by Gasteiger charge is -2.11. The summed E-state index contributed by atoms with van der Waals surface area (Å²) in [6, 6.07) is 0.377. The van der Waals surface area contributed by atoms with Gasteiger partial charge in [-0.2, -0.15) is 0 Å². The van der Waals surface area contributed by atoms with E-state index in [2.05, 4.69) is 19.2 Å². The molecule has 0 radical (unpaired) electrons. The molecule has 0 aromatic carbocycles. The molecule has 0 aromatic rings. The van der Waals surface area contributed by atoms with E-state index < -0.39 is 0 Å². The Morgan fingerprint density at radius 1 is 1.56 bits per heavy atom. The van der Waals surface area contributed by atoms with Crippen molar-refractivity contribution >= 4 is 5.91 Å². The molecule has 2 nitrogen and oxygen atoms in total. The summed E-state index contributed by atoms with van der Waals surface area (Å²) in [5.41, 5.74) is 0. The Bertz CT molecular complexity index is 91.6. The summed E-state index contributed by atoms with van der Waals surface area (Å²) in [4.78, 5) is 10.5. The molecule has 1 N–H and O–H groups in total. The second-order valence-electron chi connectivity index (χ2n) is 2.21. The SMILES string of the molecule is CCC(CC)NC(C)=O.[HH]. The Labute approximate surface area is 58.1 Å². The lowest BCUT2D eigenvalue weighted by molar-refractivity contribution is -0.119. The molecule has 0 aromatic heterocycles. The maximum Gasteiger partial charge on any atom is 0.217 e. The van der Waals surface area contributed by atoms with Gasteiger partial charge in [0.15, 0.2) is 0 Å². The predicted molar refractivity (Wildman–Crippen MR) is 40.3 cm³/mol. The molecule has 0 saturated heterocycles. The van der Waals surface area contributed by atoms with Crippen LogP contribution in [0.4, 0.5) is 0 Å². The minimum Gasteiger partial charge on any atom is -0.354 e. The molecule has 0 atom stereocenters. The van der Waals surface area contributed by atoms with E-state index in [1.54, 1.807) is 6.92 Å². The zero-order valence-corrected chi connectivity index (χ0v) is 6.40. The fourth-order valence-electron chi connectivity index (χ4n) is 0.780. The minimum absolute atomic E-state index is 0. The standard InChI is InChI=1S/C7H15NO.H2/c1-4-7(5-2)8-6(3)9;/h7H,4-5H2,1-3H3,(H,8,9);1H. The van der Waals surface area contributed by atoms with Crippen molar-refractivity contribution in [3.8, 4) is 0 Å². The van der Waals surface area contributed by atoms with E-state index in [1.807, 2.05) is 0 Å². The second kappa shape index (κ2) is 4.36. The monoisotopic (exact) mass is 131 g/mol. The Balaban J connectivity index is 0. The summed E-state index contributed by atoms with van der Waals surface area (Å²) in [5, 5.41) is 2.84. The van der Waals surface area contributed by atoms with Gasteiger partial charge in [0.05, 0.1) is 0 Å². The molecule has 0 aliphatic carbocycles. The number of carbonyl (C=O) groups is 1. The van der Waals surface area contributed by atoms with E-state index in [-0.39, 0.29) is 7.33 Å². The fraction of sp³-hybridized carbons (Fsp3) is 0.857. The highest BCUT2D eigenvalue weighted by Gasteiger charge is 2.01. The van der Waals surface area contributed by atoms with Crippen LogP contribution in [0.3, 0.4) is 0 Å². The van der Waals surface area contributed by atoms with Gasteiger partial charge in [-0.05, 0) is 12.8 Å². The third-order valence-electron chi connectivity index (χ3n) is 1.39. The van der Waals surface area contributed by atoms with Crippen LogP contribution in [0.2, 0.25) is 0 Å². The quantitative estimate of drug-likeness (QED) is 0.618. The third-order valence-corrected chi connectivity index (χ3v) is 1.39. The van der Waals surface area contributed by atoms with Crippen LogP contribution in [0.25, 0.3) is 0 Å². The summed E-state index contributed by atoms with van der Waals surface area (Å²) >= 11 is 0. The van der Waals surface area contributed by atoms with Crippen LogP contribution in [-0.2, 0) is 4.79 Å². The number of amides is 1. The van der Waals surface area contributed by atoms with Crippen LogP contribution in [0.1, 0.15) is 35.0 Å². The summed E-state index contributed by atoms with van der Waals surface area (Å²) in [7, 11) is 0. The normalized spacial score (nSPS) is 9.78. The van der Waals surface area contributed by atoms with Crippen molar-refractivity contribution in [1.82, 2.24) is 5.32 Å². The first kappa shape index (κ1) is 8.47. The molecule has 1 amide bonds. The van der Waals surface area contributed by atoms with Crippen LogP contribution in [0.5, 0.6) is 0 Å². The maximum absolute atomic E-state index is 10.5. The highest BCUT2D eigenvalue weighted by atomic mass is 16.1. The Kier molecular flexibility index (Phi) is 4.10. The molecule has 0 spiro atoms. The molecule has 0 saturated carbocycles. The Hall–Kier alpha value is -0.530. The van der Waals surface area contributed by atoms with Crippen LogP contribution in [-0.4, -0.2) is 11.9 Å². The molecule has 0 aliphatic rings.